The van der Waals surface area contributed by atoms with Gasteiger partial charge in [-0.05, 0) is 40.4 Å². The van der Waals surface area contributed by atoms with Gasteiger partial charge in [0, 0.05) is 15.9 Å². The van der Waals surface area contributed by atoms with Gasteiger partial charge in [-0.2, -0.15) is 5.10 Å². The fourth-order valence-electron chi connectivity index (χ4n) is 1.82. The van der Waals surface area contributed by atoms with E-state index < -0.39 is 0 Å². The van der Waals surface area contributed by atoms with Gasteiger partial charge >= 0.3 is 0 Å². The van der Waals surface area contributed by atoms with E-state index >= 15 is 0 Å². The minimum absolute atomic E-state index is 0.0367. The number of hydrogen-bond acceptors (Lipinski definition) is 4. The highest BCUT2D eigenvalue weighted by atomic mass is 79.9. The molecule has 18 heavy (non-hydrogen) atoms. The van der Waals surface area contributed by atoms with Gasteiger partial charge in [0.25, 0.3) is 0 Å². The van der Waals surface area contributed by atoms with Gasteiger partial charge in [-0.1, -0.05) is 0 Å². The van der Waals surface area contributed by atoms with E-state index in [0.717, 1.165) is 9.35 Å². The lowest BCUT2D eigenvalue weighted by Gasteiger charge is -2.02. The Morgan fingerprint density at radius 1 is 1.50 bits per heavy atom. The van der Waals surface area contributed by atoms with Crippen molar-refractivity contribution in [3.8, 4) is 0 Å². The van der Waals surface area contributed by atoms with Crippen LogP contribution in [0.4, 0.5) is 0 Å². The normalized spacial score (nSPS) is 11.2. The third kappa shape index (κ3) is 1.84. The maximum atomic E-state index is 12.5. The number of nitrogens with zero attached hydrogens (tertiary/aromatic N) is 2. The molecule has 0 saturated carbocycles. The lowest BCUT2D eigenvalue weighted by Crippen LogP contribution is -2.09. The van der Waals surface area contributed by atoms with E-state index in [2.05, 4.69) is 21.0 Å². The topological polar surface area (TPSA) is 34.9 Å². The molecule has 0 N–H and O–H groups in total. The Kier molecular flexibility index (Phi) is 3.09. The first-order valence-electron chi connectivity index (χ1n) is 5.43. The zero-order chi connectivity index (χ0) is 12.7. The summed E-state index contributed by atoms with van der Waals surface area (Å²) in [5.41, 5.74) is 0.631. The van der Waals surface area contributed by atoms with Crippen LogP contribution >= 0.6 is 38.6 Å². The number of fused-ring (bicyclic) bond motifs is 1. The Morgan fingerprint density at radius 3 is 3.06 bits per heavy atom. The van der Waals surface area contributed by atoms with Crippen LogP contribution in [0, 0.1) is 0 Å². The van der Waals surface area contributed by atoms with Crippen molar-refractivity contribution in [1.82, 2.24) is 9.78 Å². The molecule has 0 aliphatic rings. The number of carbonyl (C=O) groups excluding carboxylic acids is 1. The molecule has 0 unspecified atom stereocenters. The summed E-state index contributed by atoms with van der Waals surface area (Å²) in [4.78, 5) is 13.3. The molecule has 0 bridgehead atoms. The van der Waals surface area contributed by atoms with Crippen molar-refractivity contribution < 1.29 is 4.79 Å². The molecular weight excluding hydrogens is 332 g/mol. The van der Waals surface area contributed by atoms with Crippen molar-refractivity contribution in [3.05, 3.63) is 38.8 Å². The number of rotatable bonds is 3. The van der Waals surface area contributed by atoms with E-state index in [1.807, 2.05) is 24.4 Å². The Labute approximate surface area is 120 Å². The van der Waals surface area contributed by atoms with Gasteiger partial charge in [-0.15, -0.1) is 22.7 Å². The molecule has 6 heteroatoms. The summed E-state index contributed by atoms with van der Waals surface area (Å²) in [6.07, 6.45) is 1.67. The Balaban J connectivity index is 2.08. The highest BCUT2D eigenvalue weighted by Gasteiger charge is 2.20. The molecule has 0 atom stereocenters. The fourth-order valence-corrected chi connectivity index (χ4v) is 4.35. The van der Waals surface area contributed by atoms with Crippen molar-refractivity contribution in [2.24, 2.45) is 0 Å². The molecule has 0 saturated heterocycles. The average Bonchev–Trinajstić information content (AvgIpc) is 3.00. The zero-order valence-electron chi connectivity index (χ0n) is 9.51. The molecule has 92 valence electrons. The van der Waals surface area contributed by atoms with Crippen LogP contribution < -0.4 is 0 Å². The molecule has 3 heterocycles. The molecule has 3 nitrogen and oxygen atoms in total. The summed E-state index contributed by atoms with van der Waals surface area (Å²) < 4.78 is 4.82. The summed E-state index contributed by atoms with van der Waals surface area (Å²) in [7, 11) is 0. The first kappa shape index (κ1) is 12.1. The summed E-state index contributed by atoms with van der Waals surface area (Å²) in [6, 6.07) is 4.01. The van der Waals surface area contributed by atoms with Gasteiger partial charge in [0.1, 0.15) is 5.69 Å². The second-order valence-electron chi connectivity index (χ2n) is 3.75. The second kappa shape index (κ2) is 4.60. The molecule has 3 rings (SSSR count). The van der Waals surface area contributed by atoms with E-state index in [4.69, 9.17) is 0 Å². The molecule has 3 aromatic rings. The number of aryl methyl sites for hydroxylation is 1. The maximum Gasteiger partial charge on any atom is 0.222 e. The standard InChI is InChI=1S/C12H9BrN2OS2/c1-2-15-11(7(13)6-14-15)12(16)10-5-9-8(18-10)3-4-17-9/h3-6H,2H2,1H3. The highest BCUT2D eigenvalue weighted by Crippen LogP contribution is 2.32. The molecule has 0 amide bonds. The van der Waals surface area contributed by atoms with Crippen molar-refractivity contribution in [2.45, 2.75) is 13.5 Å². The number of thiophene rings is 2. The van der Waals surface area contributed by atoms with Gasteiger partial charge in [0.05, 0.1) is 15.5 Å². The molecule has 0 aromatic carbocycles. The fraction of sp³-hybridized carbons (Fsp3) is 0.167. The third-order valence-corrected chi connectivity index (χ3v) is 5.35. The molecular formula is C12H9BrN2OS2. The molecule has 0 radical (unpaired) electrons. The number of halogens is 1. The van der Waals surface area contributed by atoms with Crippen molar-refractivity contribution in [2.75, 3.05) is 0 Å². The van der Waals surface area contributed by atoms with Crippen LogP contribution in [0.15, 0.2) is 28.2 Å². The molecule has 0 aliphatic carbocycles. The van der Waals surface area contributed by atoms with Crippen molar-refractivity contribution in [1.29, 1.82) is 0 Å². The first-order valence-corrected chi connectivity index (χ1v) is 7.92. The maximum absolute atomic E-state index is 12.5. The van der Waals surface area contributed by atoms with Crippen LogP contribution in [-0.2, 0) is 6.54 Å². The Hall–Kier alpha value is -0.980. The van der Waals surface area contributed by atoms with Crippen LogP contribution in [0.25, 0.3) is 9.40 Å². The van der Waals surface area contributed by atoms with Crippen molar-refractivity contribution >= 4 is 53.8 Å². The Bertz CT molecular complexity index is 697. The SMILES string of the molecule is CCn1ncc(Br)c1C(=O)c1cc2sccc2s1. The smallest absolute Gasteiger partial charge is 0.222 e. The molecule has 0 aliphatic heterocycles. The lowest BCUT2D eigenvalue weighted by atomic mass is 10.2. The van der Waals surface area contributed by atoms with E-state index in [1.54, 1.807) is 22.2 Å². The second-order valence-corrected chi connectivity index (χ2v) is 6.63. The van der Waals surface area contributed by atoms with E-state index in [-0.39, 0.29) is 5.78 Å². The summed E-state index contributed by atoms with van der Waals surface area (Å²) >= 11 is 6.59. The van der Waals surface area contributed by atoms with Crippen LogP contribution in [0.3, 0.4) is 0 Å². The van der Waals surface area contributed by atoms with E-state index in [1.165, 1.54) is 20.7 Å². The zero-order valence-corrected chi connectivity index (χ0v) is 12.7. The monoisotopic (exact) mass is 340 g/mol. The van der Waals surface area contributed by atoms with Gasteiger partial charge in [-0.25, -0.2) is 0 Å². The van der Waals surface area contributed by atoms with Crippen LogP contribution in [0.1, 0.15) is 22.3 Å². The number of hydrogen-bond donors (Lipinski definition) is 0. The van der Waals surface area contributed by atoms with Crippen molar-refractivity contribution in [3.63, 3.8) is 0 Å². The summed E-state index contributed by atoms with van der Waals surface area (Å²) in [6.45, 7) is 2.66. The van der Waals surface area contributed by atoms with E-state index in [9.17, 15) is 4.79 Å². The molecule has 3 aromatic heterocycles. The van der Waals surface area contributed by atoms with Gasteiger partial charge in [0.2, 0.25) is 5.78 Å². The predicted molar refractivity (Wildman–Crippen MR) is 78.7 cm³/mol. The number of ketones is 1. The van der Waals surface area contributed by atoms with Crippen LogP contribution in [0.2, 0.25) is 0 Å². The Morgan fingerprint density at radius 2 is 2.33 bits per heavy atom. The number of aromatic nitrogens is 2. The quantitative estimate of drug-likeness (QED) is 0.670. The summed E-state index contributed by atoms with van der Waals surface area (Å²) in [5, 5.41) is 6.22. The van der Waals surface area contributed by atoms with Gasteiger partial charge in [0.15, 0.2) is 0 Å². The highest BCUT2D eigenvalue weighted by molar-refractivity contribution is 9.10. The van der Waals surface area contributed by atoms with Crippen LogP contribution in [0.5, 0.6) is 0 Å². The molecule has 0 spiro atoms. The predicted octanol–water partition coefficient (Wildman–Crippen LogP) is 4.17. The minimum Gasteiger partial charge on any atom is -0.286 e. The lowest BCUT2D eigenvalue weighted by molar-refractivity contribution is 0.103. The van der Waals surface area contributed by atoms with Gasteiger partial charge < -0.3 is 0 Å². The number of carbonyl (C=O) groups is 1. The largest absolute Gasteiger partial charge is 0.286 e. The third-order valence-electron chi connectivity index (χ3n) is 2.67. The molecule has 0 fully saturated rings. The minimum atomic E-state index is 0.0367. The summed E-state index contributed by atoms with van der Waals surface area (Å²) in [5.74, 6) is 0.0367. The first-order chi connectivity index (χ1) is 8.70. The average molecular weight is 341 g/mol. The van der Waals surface area contributed by atoms with Gasteiger partial charge in [-0.3, -0.25) is 9.48 Å². The van der Waals surface area contributed by atoms with Crippen LogP contribution in [-0.4, -0.2) is 15.6 Å². The van der Waals surface area contributed by atoms with E-state index in [0.29, 0.717) is 12.2 Å².